The maximum absolute atomic E-state index is 12.8. The van der Waals surface area contributed by atoms with E-state index in [1.807, 2.05) is 0 Å². The molecule has 0 aliphatic rings. The van der Waals surface area contributed by atoms with Crippen LogP contribution in [0.25, 0.3) is 0 Å². The van der Waals surface area contributed by atoms with Crippen molar-refractivity contribution in [1.29, 1.82) is 0 Å². The second-order valence-corrected chi connectivity index (χ2v) is 5.35. The molecule has 0 amide bonds. The first kappa shape index (κ1) is 17.0. The number of ether oxygens (including phenoxy) is 2. The molecule has 0 spiro atoms. The van der Waals surface area contributed by atoms with E-state index >= 15 is 0 Å². The van der Waals surface area contributed by atoms with Crippen LogP contribution in [0.3, 0.4) is 0 Å². The van der Waals surface area contributed by atoms with Crippen molar-refractivity contribution in [2.45, 2.75) is 12.2 Å². The van der Waals surface area contributed by atoms with E-state index in [2.05, 4.69) is 9.47 Å². The molecular formula is C11H10F2O7S. The number of hydrogen-bond donors (Lipinski definition) is 1. The van der Waals surface area contributed by atoms with Crippen LogP contribution in [0.1, 0.15) is 17.3 Å². The molecule has 10 heteroatoms. The highest BCUT2D eigenvalue weighted by Gasteiger charge is 2.45. The Morgan fingerprint density at radius 1 is 1.24 bits per heavy atom. The molecule has 0 bridgehead atoms. The maximum atomic E-state index is 12.8. The Kier molecular flexibility index (Phi) is 4.97. The molecule has 1 N–H and O–H groups in total. The largest absolute Gasteiger partial charge is 0.454 e. The Hall–Kier alpha value is -2.07. The van der Waals surface area contributed by atoms with E-state index in [-0.39, 0.29) is 11.3 Å². The van der Waals surface area contributed by atoms with Crippen LogP contribution < -0.4 is 4.74 Å². The van der Waals surface area contributed by atoms with Crippen molar-refractivity contribution in [3.05, 3.63) is 29.8 Å². The first-order valence-electron chi connectivity index (χ1n) is 5.33. The highest BCUT2D eigenvalue weighted by atomic mass is 32.2. The molecule has 0 saturated carbocycles. The summed E-state index contributed by atoms with van der Waals surface area (Å²) in [6, 6.07) is 4.70. The second kappa shape index (κ2) is 6.14. The third-order valence-corrected chi connectivity index (χ3v) is 2.97. The van der Waals surface area contributed by atoms with E-state index in [9.17, 15) is 26.8 Å². The van der Waals surface area contributed by atoms with Gasteiger partial charge in [-0.25, -0.2) is 4.79 Å². The summed E-state index contributed by atoms with van der Waals surface area (Å²) in [5, 5.41) is -4.60. The van der Waals surface area contributed by atoms with Crippen molar-refractivity contribution < 1.29 is 40.8 Å². The Morgan fingerprint density at radius 2 is 1.76 bits per heavy atom. The molecule has 1 aromatic rings. The van der Waals surface area contributed by atoms with Gasteiger partial charge in [-0.05, 0) is 24.3 Å². The van der Waals surface area contributed by atoms with Gasteiger partial charge in [0.1, 0.15) is 5.75 Å². The standard InChI is InChI=1S/C11H10F2O7S/c1-7(14)20-9-4-2-8(3-5-9)10(15)19-6-11(12,13)21(16,17)18/h2-5H,6H2,1H3,(H,16,17,18). The van der Waals surface area contributed by atoms with Crippen LogP contribution in [0.4, 0.5) is 8.78 Å². The topological polar surface area (TPSA) is 107 Å². The maximum Gasteiger partial charge on any atom is 0.402 e. The van der Waals surface area contributed by atoms with Crippen LogP contribution in [-0.4, -0.2) is 36.8 Å². The number of carbonyl (C=O) groups is 2. The Bertz CT molecular complexity index is 637. The van der Waals surface area contributed by atoms with Gasteiger partial charge in [0.15, 0.2) is 6.61 Å². The molecule has 0 atom stereocenters. The third-order valence-electron chi connectivity index (χ3n) is 2.10. The highest BCUT2D eigenvalue weighted by Crippen LogP contribution is 2.21. The van der Waals surface area contributed by atoms with Crippen molar-refractivity contribution >= 4 is 22.1 Å². The number of alkyl halides is 2. The molecule has 0 fully saturated rings. The van der Waals surface area contributed by atoms with Crippen molar-refractivity contribution in [3.8, 4) is 5.75 Å². The number of esters is 2. The molecule has 0 radical (unpaired) electrons. The van der Waals surface area contributed by atoms with Crippen LogP contribution in [0, 0.1) is 0 Å². The van der Waals surface area contributed by atoms with Gasteiger partial charge in [0.05, 0.1) is 5.56 Å². The van der Waals surface area contributed by atoms with Crippen molar-refractivity contribution in [2.75, 3.05) is 6.61 Å². The fourth-order valence-corrected chi connectivity index (χ4v) is 1.34. The van der Waals surface area contributed by atoms with E-state index in [0.29, 0.717) is 0 Å². The minimum atomic E-state index is -5.67. The third kappa shape index (κ3) is 4.76. The summed E-state index contributed by atoms with van der Waals surface area (Å²) in [5.41, 5.74) is -0.169. The fourth-order valence-electron chi connectivity index (χ4n) is 1.13. The Morgan fingerprint density at radius 3 is 2.19 bits per heavy atom. The number of hydrogen-bond acceptors (Lipinski definition) is 6. The average Bonchev–Trinajstić information content (AvgIpc) is 2.35. The first-order chi connectivity index (χ1) is 9.53. The monoisotopic (exact) mass is 324 g/mol. The van der Waals surface area contributed by atoms with Crippen LogP contribution in [0.5, 0.6) is 5.75 Å². The number of rotatable bonds is 5. The second-order valence-electron chi connectivity index (χ2n) is 3.81. The lowest BCUT2D eigenvalue weighted by Crippen LogP contribution is -2.34. The summed E-state index contributed by atoms with van der Waals surface area (Å²) in [4.78, 5) is 22.1. The van der Waals surface area contributed by atoms with Gasteiger partial charge < -0.3 is 9.47 Å². The quantitative estimate of drug-likeness (QED) is 0.493. The van der Waals surface area contributed by atoms with E-state index in [1.54, 1.807) is 0 Å². The molecule has 0 heterocycles. The van der Waals surface area contributed by atoms with E-state index in [0.717, 1.165) is 12.1 Å². The molecule has 1 aromatic carbocycles. The van der Waals surface area contributed by atoms with E-state index in [1.165, 1.54) is 19.1 Å². The normalized spacial score (nSPS) is 11.8. The van der Waals surface area contributed by atoms with Gasteiger partial charge >= 0.3 is 27.3 Å². The van der Waals surface area contributed by atoms with Gasteiger partial charge in [-0.3, -0.25) is 9.35 Å². The van der Waals surface area contributed by atoms with Crippen LogP contribution in [0.2, 0.25) is 0 Å². The zero-order valence-corrected chi connectivity index (χ0v) is 11.4. The van der Waals surface area contributed by atoms with Crippen molar-refractivity contribution in [2.24, 2.45) is 0 Å². The molecular weight excluding hydrogens is 314 g/mol. The van der Waals surface area contributed by atoms with E-state index < -0.39 is 33.9 Å². The van der Waals surface area contributed by atoms with E-state index in [4.69, 9.17) is 4.55 Å². The fraction of sp³-hybridized carbons (Fsp3) is 0.273. The Balaban J connectivity index is 2.71. The number of halogens is 2. The van der Waals surface area contributed by atoms with Crippen molar-refractivity contribution in [1.82, 2.24) is 0 Å². The molecule has 0 aliphatic carbocycles. The molecule has 7 nitrogen and oxygen atoms in total. The summed E-state index contributed by atoms with van der Waals surface area (Å²) < 4.78 is 63.3. The van der Waals surface area contributed by atoms with Crippen LogP contribution in [0.15, 0.2) is 24.3 Å². The molecule has 21 heavy (non-hydrogen) atoms. The zero-order chi connectivity index (χ0) is 16.3. The number of benzene rings is 1. The van der Waals surface area contributed by atoms with Gasteiger partial charge in [0.25, 0.3) is 0 Å². The smallest absolute Gasteiger partial charge is 0.402 e. The summed E-state index contributed by atoms with van der Waals surface area (Å²) in [5.74, 6) is -1.69. The molecule has 0 aromatic heterocycles. The number of carbonyl (C=O) groups excluding carboxylic acids is 2. The minimum Gasteiger partial charge on any atom is -0.454 e. The Labute approximate surface area is 118 Å². The van der Waals surface area contributed by atoms with Crippen molar-refractivity contribution in [3.63, 3.8) is 0 Å². The molecule has 0 saturated heterocycles. The highest BCUT2D eigenvalue weighted by molar-refractivity contribution is 7.86. The first-order valence-corrected chi connectivity index (χ1v) is 6.77. The predicted molar refractivity (Wildman–Crippen MR) is 64.5 cm³/mol. The van der Waals surface area contributed by atoms with Gasteiger partial charge in [-0.15, -0.1) is 0 Å². The minimum absolute atomic E-state index is 0.127. The molecule has 0 aliphatic heterocycles. The van der Waals surface area contributed by atoms with Gasteiger partial charge in [-0.1, -0.05) is 0 Å². The lowest BCUT2D eigenvalue weighted by molar-refractivity contribution is -0.131. The predicted octanol–water partition coefficient (Wildman–Crippen LogP) is 1.25. The van der Waals surface area contributed by atoms with Gasteiger partial charge in [-0.2, -0.15) is 17.2 Å². The van der Waals surface area contributed by atoms with Gasteiger partial charge in [0.2, 0.25) is 0 Å². The summed E-state index contributed by atoms with van der Waals surface area (Å²) in [7, 11) is -5.67. The SMILES string of the molecule is CC(=O)Oc1ccc(C(=O)OCC(F)(F)S(=O)(=O)O)cc1. The lowest BCUT2D eigenvalue weighted by atomic mass is 10.2. The zero-order valence-electron chi connectivity index (χ0n) is 10.6. The molecule has 1 rings (SSSR count). The summed E-state index contributed by atoms with van der Waals surface area (Å²) >= 11 is 0. The van der Waals surface area contributed by atoms with Crippen LogP contribution in [-0.2, 0) is 19.6 Å². The molecule has 0 unspecified atom stereocenters. The van der Waals surface area contributed by atoms with Gasteiger partial charge in [0, 0.05) is 6.92 Å². The average molecular weight is 324 g/mol. The summed E-state index contributed by atoms with van der Waals surface area (Å²) in [6.07, 6.45) is 0. The van der Waals surface area contributed by atoms with Crippen LogP contribution >= 0.6 is 0 Å². The molecule has 116 valence electrons. The lowest BCUT2D eigenvalue weighted by Gasteiger charge is -2.13. The summed E-state index contributed by atoms with van der Waals surface area (Å²) in [6.45, 7) is -0.657.